The first-order chi connectivity index (χ1) is 16.5. The van der Waals surface area contributed by atoms with Crippen molar-refractivity contribution in [2.75, 3.05) is 12.0 Å². The van der Waals surface area contributed by atoms with E-state index in [4.69, 9.17) is 16.3 Å². The molecule has 34 heavy (non-hydrogen) atoms. The summed E-state index contributed by atoms with van der Waals surface area (Å²) >= 11 is 6.07. The van der Waals surface area contributed by atoms with Crippen LogP contribution in [-0.2, 0) is 9.53 Å². The third-order valence-electron chi connectivity index (χ3n) is 6.81. The summed E-state index contributed by atoms with van der Waals surface area (Å²) in [5.41, 5.74) is 1.26. The molecule has 5 nitrogen and oxygen atoms in total. The van der Waals surface area contributed by atoms with Crippen molar-refractivity contribution in [2.45, 2.75) is 18.0 Å². The van der Waals surface area contributed by atoms with Crippen LogP contribution in [0.5, 0.6) is 0 Å². The molecular weight excluding hydrogens is 448 g/mol. The monoisotopic (exact) mass is 468 g/mol. The summed E-state index contributed by atoms with van der Waals surface area (Å²) in [5.74, 6) is -1.62. The fourth-order valence-electron chi connectivity index (χ4n) is 5.35. The normalized spacial score (nSPS) is 24.6. The van der Waals surface area contributed by atoms with Crippen LogP contribution in [0, 0.1) is 16.7 Å². The molecule has 0 N–H and O–H groups in total. The summed E-state index contributed by atoms with van der Waals surface area (Å²) < 4.78 is 5.22. The average Bonchev–Trinajstić information content (AvgIpc) is 3.20. The molecule has 6 heteroatoms. The molecule has 0 spiro atoms. The van der Waals surface area contributed by atoms with Crippen molar-refractivity contribution in [3.8, 4) is 6.07 Å². The molecule has 2 aliphatic heterocycles. The highest BCUT2D eigenvalue weighted by Gasteiger charge is 2.67. The van der Waals surface area contributed by atoms with Gasteiger partial charge in [-0.2, -0.15) is 5.26 Å². The van der Waals surface area contributed by atoms with E-state index in [0.717, 1.165) is 16.8 Å². The lowest BCUT2D eigenvalue weighted by atomic mass is 9.68. The van der Waals surface area contributed by atoms with E-state index in [-0.39, 0.29) is 5.78 Å². The van der Waals surface area contributed by atoms with Crippen LogP contribution in [-0.4, -0.2) is 30.9 Å². The molecule has 0 saturated carbocycles. The van der Waals surface area contributed by atoms with Crippen LogP contribution in [0.25, 0.3) is 6.08 Å². The van der Waals surface area contributed by atoms with E-state index in [1.54, 1.807) is 24.3 Å². The van der Waals surface area contributed by atoms with Gasteiger partial charge in [-0.1, -0.05) is 72.3 Å². The lowest BCUT2D eigenvalue weighted by Gasteiger charge is -2.36. The molecule has 0 unspecified atom stereocenters. The molecule has 168 valence electrons. The number of esters is 1. The zero-order valence-corrected chi connectivity index (χ0v) is 19.1. The third kappa shape index (κ3) is 3.14. The van der Waals surface area contributed by atoms with E-state index < -0.39 is 29.4 Å². The Labute approximate surface area is 202 Å². The van der Waals surface area contributed by atoms with Crippen molar-refractivity contribution in [1.82, 2.24) is 0 Å². The Balaban J connectivity index is 1.81. The third-order valence-corrected chi connectivity index (χ3v) is 7.06. The van der Waals surface area contributed by atoms with Crippen LogP contribution in [0.1, 0.15) is 27.4 Å². The molecule has 4 atom stereocenters. The molecule has 0 bridgehead atoms. The van der Waals surface area contributed by atoms with Crippen molar-refractivity contribution in [2.24, 2.45) is 5.41 Å². The molecule has 1 fully saturated rings. The highest BCUT2D eigenvalue weighted by Crippen LogP contribution is 2.56. The number of Topliss-reactive ketones (excluding diaryl/α,β-unsaturated/α-hetero) is 1. The minimum atomic E-state index is -1.63. The Hall–Kier alpha value is -3.88. The van der Waals surface area contributed by atoms with E-state index in [1.165, 1.54) is 7.11 Å². The number of nitriles is 1. The van der Waals surface area contributed by atoms with Crippen LogP contribution in [0.2, 0.25) is 5.02 Å². The fraction of sp³-hybridized carbons (Fsp3) is 0.179. The summed E-state index contributed by atoms with van der Waals surface area (Å²) in [6.45, 7) is 0. The minimum Gasteiger partial charge on any atom is -0.468 e. The first kappa shape index (κ1) is 21.9. The SMILES string of the molecule is COC(=O)[C@]1(C#N)[C@H](c2ccccc2)[C@H](C(=O)c2ccc(Cl)cc2)N2c3ccccc3C=C[C@@H]21. The van der Waals surface area contributed by atoms with Crippen molar-refractivity contribution in [3.05, 3.63) is 107 Å². The number of ether oxygens (including phenoxy) is 1. The molecule has 3 aromatic carbocycles. The lowest BCUT2D eigenvalue weighted by Crippen LogP contribution is -2.46. The number of carbonyl (C=O) groups is 2. The van der Waals surface area contributed by atoms with Crippen molar-refractivity contribution in [3.63, 3.8) is 0 Å². The van der Waals surface area contributed by atoms with Gasteiger partial charge in [-0.05, 0) is 41.5 Å². The molecular formula is C28H21ClN2O3. The summed E-state index contributed by atoms with van der Waals surface area (Å²) in [4.78, 5) is 29.5. The smallest absolute Gasteiger partial charge is 0.329 e. The molecule has 1 saturated heterocycles. The molecule has 0 radical (unpaired) electrons. The molecule has 5 rings (SSSR count). The van der Waals surface area contributed by atoms with Gasteiger partial charge < -0.3 is 9.64 Å². The van der Waals surface area contributed by atoms with Crippen LogP contribution < -0.4 is 4.90 Å². The Morgan fingerprint density at radius 2 is 1.68 bits per heavy atom. The van der Waals surface area contributed by atoms with Crippen LogP contribution >= 0.6 is 11.6 Å². The Kier molecular flexibility index (Phi) is 5.47. The number of fused-ring (bicyclic) bond motifs is 3. The quantitative estimate of drug-likeness (QED) is 0.385. The number of benzene rings is 3. The van der Waals surface area contributed by atoms with Gasteiger partial charge in [-0.25, -0.2) is 0 Å². The molecule has 2 aliphatic rings. The van der Waals surface area contributed by atoms with E-state index >= 15 is 0 Å². The maximum absolute atomic E-state index is 14.2. The van der Waals surface area contributed by atoms with Gasteiger partial charge in [-0.3, -0.25) is 9.59 Å². The van der Waals surface area contributed by atoms with E-state index in [1.807, 2.05) is 71.6 Å². The van der Waals surface area contributed by atoms with Gasteiger partial charge in [0.05, 0.1) is 19.2 Å². The Morgan fingerprint density at radius 1 is 1.00 bits per heavy atom. The second kappa shape index (κ2) is 8.48. The van der Waals surface area contributed by atoms with E-state index in [9.17, 15) is 14.9 Å². The van der Waals surface area contributed by atoms with Gasteiger partial charge in [0.1, 0.15) is 6.04 Å². The summed E-state index contributed by atoms with van der Waals surface area (Å²) in [5, 5.41) is 11.1. The number of hydrogen-bond donors (Lipinski definition) is 0. The summed E-state index contributed by atoms with van der Waals surface area (Å²) in [6.07, 6.45) is 3.75. The number of hydrogen-bond acceptors (Lipinski definition) is 5. The number of halogens is 1. The minimum absolute atomic E-state index is 0.193. The van der Waals surface area contributed by atoms with Crippen molar-refractivity contribution < 1.29 is 14.3 Å². The Bertz CT molecular complexity index is 1330. The van der Waals surface area contributed by atoms with Crippen LogP contribution in [0.3, 0.4) is 0 Å². The number of rotatable bonds is 4. The molecule has 0 amide bonds. The van der Waals surface area contributed by atoms with Gasteiger partial charge in [0.15, 0.2) is 11.2 Å². The highest BCUT2D eigenvalue weighted by molar-refractivity contribution is 6.30. The molecule has 2 heterocycles. The first-order valence-electron chi connectivity index (χ1n) is 10.9. The highest BCUT2D eigenvalue weighted by atomic mass is 35.5. The van der Waals surface area contributed by atoms with Gasteiger partial charge in [0, 0.05) is 22.2 Å². The number of nitrogens with zero attached hydrogens (tertiary/aromatic N) is 2. The number of para-hydroxylation sites is 1. The van der Waals surface area contributed by atoms with Gasteiger partial charge in [0.25, 0.3) is 0 Å². The number of ketones is 1. The zero-order chi connectivity index (χ0) is 23.9. The molecule has 3 aromatic rings. The predicted octanol–water partition coefficient (Wildman–Crippen LogP) is 5.27. The average molecular weight is 469 g/mol. The van der Waals surface area contributed by atoms with Crippen molar-refractivity contribution >= 4 is 35.1 Å². The van der Waals surface area contributed by atoms with Gasteiger partial charge >= 0.3 is 5.97 Å². The topological polar surface area (TPSA) is 70.4 Å². The summed E-state index contributed by atoms with van der Waals surface area (Å²) in [7, 11) is 1.28. The van der Waals surface area contributed by atoms with Gasteiger partial charge in [-0.15, -0.1) is 0 Å². The predicted molar refractivity (Wildman–Crippen MR) is 131 cm³/mol. The van der Waals surface area contributed by atoms with E-state index in [0.29, 0.717) is 10.6 Å². The second-order valence-electron chi connectivity index (χ2n) is 8.45. The van der Waals surface area contributed by atoms with Crippen LogP contribution in [0.4, 0.5) is 5.69 Å². The van der Waals surface area contributed by atoms with Gasteiger partial charge in [0.2, 0.25) is 0 Å². The largest absolute Gasteiger partial charge is 0.468 e. The molecule has 0 aliphatic carbocycles. The van der Waals surface area contributed by atoms with Crippen LogP contribution in [0.15, 0.2) is 84.9 Å². The maximum atomic E-state index is 14.2. The molecule has 0 aromatic heterocycles. The zero-order valence-electron chi connectivity index (χ0n) is 18.4. The van der Waals surface area contributed by atoms with E-state index in [2.05, 4.69) is 6.07 Å². The summed E-state index contributed by atoms with van der Waals surface area (Å²) in [6, 6.07) is 24.4. The second-order valence-corrected chi connectivity index (χ2v) is 8.88. The fourth-order valence-corrected chi connectivity index (χ4v) is 5.48. The number of methoxy groups -OCH3 is 1. The standard InChI is InChI=1S/C28H21ClN2O3/c1-34-27(33)28(17-30)23-16-13-18-7-5-6-10-22(18)31(23)25(24(28)19-8-3-2-4-9-19)26(32)20-11-14-21(29)15-12-20/h2-16,23-25H,1H3/t23-,24-,25-,28+/m1/s1. The Morgan fingerprint density at radius 3 is 2.35 bits per heavy atom. The maximum Gasteiger partial charge on any atom is 0.329 e. The lowest BCUT2D eigenvalue weighted by molar-refractivity contribution is -0.150. The van der Waals surface area contributed by atoms with Crippen molar-refractivity contribution in [1.29, 1.82) is 5.26 Å². The first-order valence-corrected chi connectivity index (χ1v) is 11.3. The number of carbonyl (C=O) groups excluding carboxylic acids is 2. The number of anilines is 1.